The van der Waals surface area contributed by atoms with Crippen LogP contribution in [0, 0.1) is 11.8 Å². The summed E-state index contributed by atoms with van der Waals surface area (Å²) in [5, 5.41) is 34.3. The summed E-state index contributed by atoms with van der Waals surface area (Å²) in [6, 6.07) is 21.5. The van der Waals surface area contributed by atoms with Crippen LogP contribution in [0.5, 0.6) is 0 Å². The summed E-state index contributed by atoms with van der Waals surface area (Å²) < 4.78 is 0. The molecule has 0 saturated heterocycles. The lowest BCUT2D eigenvalue weighted by Gasteiger charge is -2.29. The van der Waals surface area contributed by atoms with Crippen LogP contribution in [0.4, 0.5) is 10.5 Å². The number of anilines is 1. The van der Waals surface area contributed by atoms with E-state index < -0.39 is 12.1 Å². The van der Waals surface area contributed by atoms with E-state index in [9.17, 15) is 19.2 Å². The predicted octanol–water partition coefficient (Wildman–Crippen LogP) is 4.35. The Kier molecular flexibility index (Phi) is 13.4. The Morgan fingerprint density at radius 3 is 2.08 bits per heavy atom. The molecule has 1 atom stereocenters. The molecule has 0 unspecified atom stereocenters. The average Bonchev–Trinajstić information content (AvgIpc) is 3.72. The lowest BCUT2D eigenvalue weighted by Crippen LogP contribution is -2.48. The van der Waals surface area contributed by atoms with Gasteiger partial charge in [0, 0.05) is 48.8 Å². The molecule has 5 rings (SSSR count). The number of nitrogens with one attached hydrogen (secondary N) is 5. The van der Waals surface area contributed by atoms with Gasteiger partial charge in [0.25, 0.3) is 5.91 Å². The van der Waals surface area contributed by atoms with Crippen molar-refractivity contribution in [1.29, 1.82) is 0 Å². The highest BCUT2D eigenvalue weighted by molar-refractivity contribution is 5.98. The monoisotopic (exact) mass is 709 g/mol. The number of rotatable bonds is 16. The molecule has 274 valence electrons. The summed E-state index contributed by atoms with van der Waals surface area (Å²) >= 11 is 0. The molecular formula is C38H47N9O5. The second-order valence-corrected chi connectivity index (χ2v) is 13.0. The summed E-state index contributed by atoms with van der Waals surface area (Å²) in [4.78, 5) is 53.0. The quantitative estimate of drug-likeness (QED) is 0.0981. The summed E-state index contributed by atoms with van der Waals surface area (Å²) in [6.45, 7) is 7.85. The molecule has 3 aromatic carbocycles. The Balaban J connectivity index is 1.23. The maximum atomic E-state index is 13.7. The Labute approximate surface area is 303 Å². The van der Waals surface area contributed by atoms with Gasteiger partial charge in [-0.2, -0.15) is 5.21 Å². The highest BCUT2D eigenvalue weighted by Crippen LogP contribution is 2.29. The van der Waals surface area contributed by atoms with Crippen LogP contribution in [-0.2, 0) is 16.0 Å². The number of likely N-dealkylation sites (N-methyl/N-ethyl adjacent to an activating group) is 1. The van der Waals surface area contributed by atoms with Crippen molar-refractivity contribution in [2.75, 3.05) is 38.0 Å². The first-order chi connectivity index (χ1) is 25.2. The second kappa shape index (κ2) is 18.6. The smallest absolute Gasteiger partial charge is 0.404 e. The fourth-order valence-corrected chi connectivity index (χ4v) is 6.43. The third-order valence-corrected chi connectivity index (χ3v) is 9.63. The van der Waals surface area contributed by atoms with Crippen molar-refractivity contribution in [3.05, 3.63) is 83.9 Å². The molecule has 1 fully saturated rings. The Bertz CT molecular complexity index is 1750. The summed E-state index contributed by atoms with van der Waals surface area (Å²) in [5.74, 6) is -0.292. The minimum atomic E-state index is -1.05. The fraction of sp³-hybridized carbons (Fsp3) is 0.395. The predicted molar refractivity (Wildman–Crippen MR) is 197 cm³/mol. The maximum absolute atomic E-state index is 13.7. The van der Waals surface area contributed by atoms with E-state index in [1.54, 1.807) is 24.3 Å². The number of H-pyrrole nitrogens is 1. The van der Waals surface area contributed by atoms with E-state index in [2.05, 4.69) is 60.6 Å². The van der Waals surface area contributed by atoms with Gasteiger partial charge in [0.1, 0.15) is 6.04 Å². The van der Waals surface area contributed by atoms with Crippen LogP contribution >= 0.6 is 0 Å². The number of aromatic amines is 1. The molecule has 1 saturated carbocycles. The van der Waals surface area contributed by atoms with Gasteiger partial charge < -0.3 is 31.3 Å². The third-order valence-electron chi connectivity index (χ3n) is 9.63. The number of carbonyl (C=O) groups is 4. The van der Waals surface area contributed by atoms with Crippen molar-refractivity contribution in [3.63, 3.8) is 0 Å². The molecule has 1 aromatic heterocycles. The molecule has 1 aliphatic rings. The third kappa shape index (κ3) is 10.7. The largest absolute Gasteiger partial charge is 0.465 e. The topological polar surface area (TPSA) is 194 Å². The zero-order valence-corrected chi connectivity index (χ0v) is 29.6. The van der Waals surface area contributed by atoms with Crippen LogP contribution < -0.4 is 21.3 Å². The van der Waals surface area contributed by atoms with E-state index in [1.807, 2.05) is 48.5 Å². The molecule has 4 aromatic rings. The van der Waals surface area contributed by atoms with E-state index in [-0.39, 0.29) is 36.0 Å². The van der Waals surface area contributed by atoms with Gasteiger partial charge in [0.05, 0.1) is 0 Å². The molecule has 4 amide bonds. The van der Waals surface area contributed by atoms with Crippen molar-refractivity contribution in [2.24, 2.45) is 11.8 Å². The number of carboxylic acid groups (broad SMARTS) is 1. The van der Waals surface area contributed by atoms with Crippen LogP contribution in [0.15, 0.2) is 72.8 Å². The first-order valence-corrected chi connectivity index (χ1v) is 17.8. The molecular weight excluding hydrogens is 662 g/mol. The fourth-order valence-electron chi connectivity index (χ4n) is 6.43. The van der Waals surface area contributed by atoms with E-state index in [4.69, 9.17) is 5.11 Å². The number of benzene rings is 3. The molecule has 52 heavy (non-hydrogen) atoms. The number of carbonyl (C=O) groups excluding carboxylic acids is 3. The number of tetrazole rings is 1. The van der Waals surface area contributed by atoms with Gasteiger partial charge in [0.15, 0.2) is 0 Å². The Hall–Kier alpha value is -5.63. The van der Waals surface area contributed by atoms with E-state index in [0.717, 1.165) is 54.7 Å². The number of hydrogen-bond acceptors (Lipinski definition) is 8. The van der Waals surface area contributed by atoms with E-state index in [1.165, 1.54) is 0 Å². The molecule has 0 aliphatic heterocycles. The molecule has 0 bridgehead atoms. The molecule has 14 nitrogen and oxygen atoms in total. The van der Waals surface area contributed by atoms with Crippen LogP contribution in [-0.4, -0.2) is 93.2 Å². The van der Waals surface area contributed by atoms with Crippen molar-refractivity contribution in [1.82, 2.24) is 41.5 Å². The normalized spacial score (nSPS) is 16.1. The highest BCUT2D eigenvalue weighted by Gasteiger charge is 2.30. The molecule has 6 N–H and O–H groups in total. The van der Waals surface area contributed by atoms with Gasteiger partial charge in [-0.05, 0) is 103 Å². The second-order valence-electron chi connectivity index (χ2n) is 13.0. The van der Waals surface area contributed by atoms with Crippen LogP contribution in [0.3, 0.4) is 0 Å². The number of aromatic nitrogens is 4. The van der Waals surface area contributed by atoms with Crippen LogP contribution in [0.25, 0.3) is 22.5 Å². The first kappa shape index (κ1) is 37.6. The van der Waals surface area contributed by atoms with Crippen molar-refractivity contribution in [2.45, 2.75) is 52.0 Å². The van der Waals surface area contributed by atoms with E-state index in [0.29, 0.717) is 43.0 Å². The minimum Gasteiger partial charge on any atom is -0.465 e. The molecule has 0 radical (unpaired) electrons. The van der Waals surface area contributed by atoms with Crippen LogP contribution in [0.2, 0.25) is 0 Å². The lowest BCUT2D eigenvalue weighted by molar-refractivity contribution is -0.130. The van der Waals surface area contributed by atoms with Crippen molar-refractivity contribution < 1.29 is 24.3 Å². The number of hydrogen-bond donors (Lipinski definition) is 6. The average molecular weight is 710 g/mol. The Morgan fingerprint density at radius 1 is 0.846 bits per heavy atom. The summed E-state index contributed by atoms with van der Waals surface area (Å²) in [6.07, 6.45) is 1.91. The molecule has 14 heteroatoms. The molecule has 0 spiro atoms. The van der Waals surface area contributed by atoms with Crippen LogP contribution in [0.1, 0.15) is 55.5 Å². The Morgan fingerprint density at radius 2 is 1.48 bits per heavy atom. The standard InChI is InChI=1S/C38H47N9O5/c1-3-47(4-2)22-21-39-35(48)30-15-13-28(14-16-30)27-9-5-25(6-10-27)23-33(42-36(49)31-11-7-26(8-12-31)24-40-38(51)52)37(50)41-32-19-17-29(18-20-32)34-43-45-46-44-34/h5-6,9-10,13-20,26,31,33,40H,3-4,7-8,11-12,21-24H2,1-2H3,(H,39,48)(H,41,50)(H,42,49)(H,51,52)(H,43,44,45,46)/t26?,31?,33-/m0/s1. The van der Waals surface area contributed by atoms with Gasteiger partial charge >= 0.3 is 6.09 Å². The van der Waals surface area contributed by atoms with Crippen molar-refractivity contribution >= 4 is 29.5 Å². The van der Waals surface area contributed by atoms with Gasteiger partial charge in [-0.15, -0.1) is 10.2 Å². The lowest BCUT2D eigenvalue weighted by atomic mass is 9.81. The summed E-state index contributed by atoms with van der Waals surface area (Å²) in [7, 11) is 0. The zero-order chi connectivity index (χ0) is 36.9. The number of amides is 4. The highest BCUT2D eigenvalue weighted by atomic mass is 16.4. The van der Waals surface area contributed by atoms with Crippen molar-refractivity contribution in [3.8, 4) is 22.5 Å². The number of nitrogens with zero attached hydrogens (tertiary/aromatic N) is 4. The van der Waals surface area contributed by atoms with Gasteiger partial charge in [-0.1, -0.05) is 50.2 Å². The van der Waals surface area contributed by atoms with Gasteiger partial charge in [0.2, 0.25) is 17.6 Å². The van der Waals surface area contributed by atoms with E-state index >= 15 is 0 Å². The van der Waals surface area contributed by atoms with Gasteiger partial charge in [-0.3, -0.25) is 14.4 Å². The van der Waals surface area contributed by atoms with Gasteiger partial charge in [-0.25, -0.2) is 4.79 Å². The first-order valence-electron chi connectivity index (χ1n) is 17.8. The molecule has 1 heterocycles. The zero-order valence-electron chi connectivity index (χ0n) is 29.6. The molecule has 1 aliphatic carbocycles. The minimum absolute atomic E-state index is 0.105. The SMILES string of the molecule is CCN(CC)CCNC(=O)c1ccc(-c2ccc(C[C@H](NC(=O)C3CCC(CNC(=O)O)CC3)C(=O)Nc3ccc(-c4nn[nH]n4)cc3)cc2)cc1. The summed E-state index contributed by atoms with van der Waals surface area (Å²) in [5.41, 5.74) is 4.66. The maximum Gasteiger partial charge on any atom is 0.404 e.